The van der Waals surface area contributed by atoms with E-state index in [1.54, 1.807) is 6.92 Å². The first-order valence-corrected chi connectivity index (χ1v) is 17.4. The summed E-state index contributed by atoms with van der Waals surface area (Å²) in [6.45, 7) is 8.62. The molecule has 8 rings (SSSR count). The topological polar surface area (TPSA) is 110 Å². The van der Waals surface area contributed by atoms with Gasteiger partial charge in [-0.3, -0.25) is 4.90 Å². The molecule has 2 aromatic carbocycles. The number of halogens is 3. The minimum absolute atomic E-state index is 0.00587. The van der Waals surface area contributed by atoms with Crippen LogP contribution in [0.4, 0.5) is 24.0 Å². The minimum Gasteiger partial charge on any atom is -0.490 e. The summed E-state index contributed by atoms with van der Waals surface area (Å²) in [5.74, 6) is -0.000929. The Hall–Kier alpha value is -3.86. The zero-order chi connectivity index (χ0) is 33.5. The summed E-state index contributed by atoms with van der Waals surface area (Å²) in [5, 5.41) is 10.8. The summed E-state index contributed by atoms with van der Waals surface area (Å²) >= 11 is 0.956. The third-order valence-corrected chi connectivity index (χ3v) is 11.7. The Bertz CT molecular complexity index is 2000. The smallest absolute Gasteiger partial charge is 0.319 e. The molecule has 0 amide bonds. The van der Waals surface area contributed by atoms with E-state index in [-0.39, 0.29) is 63.1 Å². The number of alkyl halides is 1. The molecule has 0 radical (unpaired) electrons. The lowest BCUT2D eigenvalue weighted by Gasteiger charge is -2.31. The van der Waals surface area contributed by atoms with Crippen molar-refractivity contribution in [1.29, 1.82) is 5.26 Å². The molecule has 4 aliphatic rings. The molecule has 0 spiro atoms. The molecule has 3 saturated heterocycles. The molecule has 13 heteroatoms. The number of nitrogen functional groups attached to an aromatic ring is 1. The number of nitriles is 1. The van der Waals surface area contributed by atoms with Crippen molar-refractivity contribution in [3.05, 3.63) is 34.9 Å². The summed E-state index contributed by atoms with van der Waals surface area (Å²) in [6, 6.07) is 4.59. The van der Waals surface area contributed by atoms with Crippen LogP contribution in [0, 0.1) is 35.8 Å². The highest BCUT2D eigenvalue weighted by Crippen LogP contribution is 2.49. The van der Waals surface area contributed by atoms with Gasteiger partial charge in [-0.1, -0.05) is 19.9 Å². The second kappa shape index (κ2) is 11.6. The second-order valence-electron chi connectivity index (χ2n) is 13.9. The van der Waals surface area contributed by atoms with Gasteiger partial charge in [0.25, 0.3) is 0 Å². The van der Waals surface area contributed by atoms with Crippen LogP contribution < -0.4 is 20.1 Å². The van der Waals surface area contributed by atoms with E-state index in [2.05, 4.69) is 34.7 Å². The van der Waals surface area contributed by atoms with Crippen molar-refractivity contribution >= 4 is 43.1 Å². The number of rotatable bonds is 5. The number of nitrogens with zero attached hydrogens (tertiary/aromatic N) is 5. The molecule has 4 aliphatic heterocycles. The van der Waals surface area contributed by atoms with Crippen molar-refractivity contribution in [2.45, 2.75) is 70.3 Å². The van der Waals surface area contributed by atoms with Gasteiger partial charge in [0.1, 0.15) is 53.4 Å². The van der Waals surface area contributed by atoms with Gasteiger partial charge in [-0.15, -0.1) is 11.3 Å². The first kappa shape index (κ1) is 31.4. The van der Waals surface area contributed by atoms with Gasteiger partial charge in [-0.05, 0) is 50.3 Å². The molecule has 6 heterocycles. The summed E-state index contributed by atoms with van der Waals surface area (Å²) in [6.07, 6.45) is 1.98. The van der Waals surface area contributed by atoms with Crippen molar-refractivity contribution in [2.24, 2.45) is 5.92 Å². The highest BCUT2D eigenvalue weighted by Gasteiger charge is 2.49. The van der Waals surface area contributed by atoms with Gasteiger partial charge in [0.05, 0.1) is 39.9 Å². The van der Waals surface area contributed by atoms with Crippen molar-refractivity contribution in [3.8, 4) is 29.0 Å². The van der Waals surface area contributed by atoms with Crippen LogP contribution in [0.3, 0.4) is 0 Å². The predicted molar refractivity (Wildman–Crippen MR) is 179 cm³/mol. The maximum atomic E-state index is 17.3. The summed E-state index contributed by atoms with van der Waals surface area (Å²) < 4.78 is 66.2. The zero-order valence-electron chi connectivity index (χ0n) is 27.1. The van der Waals surface area contributed by atoms with E-state index in [1.807, 2.05) is 0 Å². The van der Waals surface area contributed by atoms with E-state index in [4.69, 9.17) is 24.9 Å². The van der Waals surface area contributed by atoms with E-state index in [9.17, 15) is 9.65 Å². The molecule has 9 nitrogen and oxygen atoms in total. The van der Waals surface area contributed by atoms with E-state index < -0.39 is 23.3 Å². The van der Waals surface area contributed by atoms with Gasteiger partial charge >= 0.3 is 6.01 Å². The standard InChI is InChI=1S/C35H37F3N6O3S/c1-17(2)24-7-10-44-20(14-45-24)15-46-30-18(3)25(21-5-6-23(37)31-26(21)22(12-39)32(40)48-31)28(38)29-27(30)33(44)42-34(41-29)47-16-35-8-4-9-43(35)13-19(36)11-35/h5-6,17,19-20,24H,4,7-11,13-16,40H2,1-3H3/t19-,20?,24?,35+/m1/s1. The lowest BCUT2D eigenvalue weighted by Crippen LogP contribution is -2.43. The van der Waals surface area contributed by atoms with Crippen LogP contribution in [0.2, 0.25) is 0 Å². The Morgan fingerprint density at radius 2 is 2.04 bits per heavy atom. The van der Waals surface area contributed by atoms with Crippen LogP contribution in [0.25, 0.3) is 32.1 Å². The molecular formula is C35H37F3N6O3S. The molecule has 2 aromatic heterocycles. The lowest BCUT2D eigenvalue weighted by atomic mass is 9.92. The molecule has 2 N–H and O–H groups in total. The fourth-order valence-electron chi connectivity index (χ4n) is 8.29. The van der Waals surface area contributed by atoms with E-state index in [0.717, 1.165) is 37.1 Å². The number of thiophene rings is 1. The molecule has 4 aromatic rings. The van der Waals surface area contributed by atoms with Crippen LogP contribution in [0.5, 0.6) is 11.8 Å². The highest BCUT2D eigenvalue weighted by atomic mass is 32.1. The summed E-state index contributed by atoms with van der Waals surface area (Å²) in [5.41, 5.74) is 6.70. The molecular weight excluding hydrogens is 641 g/mol. The van der Waals surface area contributed by atoms with E-state index >= 15 is 8.78 Å². The molecule has 0 aliphatic carbocycles. The van der Waals surface area contributed by atoms with Crippen molar-refractivity contribution in [2.75, 3.05) is 50.1 Å². The average molecular weight is 679 g/mol. The SMILES string of the molecule is Cc1c(-c2ccc(F)c3sc(N)c(C#N)c23)c(F)c2nc(OC[C@@]34CCCN3C[C@H](F)C4)nc3c2c1OCC1COC(C(C)C)CCN31. The molecule has 252 valence electrons. The Labute approximate surface area is 280 Å². The van der Waals surface area contributed by atoms with Crippen molar-refractivity contribution < 1.29 is 27.4 Å². The number of nitrogens with two attached hydrogens (primary N) is 1. The number of fused-ring (bicyclic) bond motifs is 4. The Morgan fingerprint density at radius 1 is 1.21 bits per heavy atom. The molecule has 48 heavy (non-hydrogen) atoms. The first-order chi connectivity index (χ1) is 23.1. The number of hydrogen-bond donors (Lipinski definition) is 1. The second-order valence-corrected chi connectivity index (χ2v) is 14.9. The van der Waals surface area contributed by atoms with Gasteiger partial charge < -0.3 is 24.8 Å². The van der Waals surface area contributed by atoms with E-state index in [0.29, 0.717) is 60.1 Å². The molecule has 0 bridgehead atoms. The van der Waals surface area contributed by atoms with Gasteiger partial charge in [-0.25, -0.2) is 13.2 Å². The Kier molecular flexibility index (Phi) is 7.61. The molecule has 4 atom stereocenters. The quantitative estimate of drug-likeness (QED) is 0.252. The van der Waals surface area contributed by atoms with Crippen LogP contribution in [0.15, 0.2) is 12.1 Å². The Balaban J connectivity index is 1.33. The van der Waals surface area contributed by atoms with Crippen LogP contribution in [-0.4, -0.2) is 78.2 Å². The molecule has 0 saturated carbocycles. The van der Waals surface area contributed by atoms with Crippen molar-refractivity contribution in [1.82, 2.24) is 14.9 Å². The number of aromatic nitrogens is 2. The predicted octanol–water partition coefficient (Wildman–Crippen LogP) is 6.52. The average Bonchev–Trinajstić information content (AvgIpc) is 3.59. The van der Waals surface area contributed by atoms with Gasteiger partial charge in [0.2, 0.25) is 0 Å². The number of ether oxygens (including phenoxy) is 3. The first-order valence-electron chi connectivity index (χ1n) is 16.6. The fourth-order valence-corrected chi connectivity index (χ4v) is 9.24. The zero-order valence-corrected chi connectivity index (χ0v) is 27.9. The van der Waals surface area contributed by atoms with E-state index in [1.165, 1.54) is 12.1 Å². The number of anilines is 2. The van der Waals surface area contributed by atoms with Gasteiger partial charge in [-0.2, -0.15) is 15.2 Å². The van der Waals surface area contributed by atoms with Crippen LogP contribution >= 0.6 is 11.3 Å². The Morgan fingerprint density at radius 3 is 2.83 bits per heavy atom. The summed E-state index contributed by atoms with van der Waals surface area (Å²) in [7, 11) is 0. The fraction of sp³-hybridized carbons (Fsp3) is 0.514. The summed E-state index contributed by atoms with van der Waals surface area (Å²) in [4.78, 5) is 13.9. The monoisotopic (exact) mass is 678 g/mol. The van der Waals surface area contributed by atoms with Crippen LogP contribution in [0.1, 0.15) is 50.7 Å². The maximum absolute atomic E-state index is 17.3. The number of benzene rings is 2. The highest BCUT2D eigenvalue weighted by molar-refractivity contribution is 7.23. The third-order valence-electron chi connectivity index (χ3n) is 10.7. The van der Waals surface area contributed by atoms with Gasteiger partial charge in [0.15, 0.2) is 5.82 Å². The molecule has 3 fully saturated rings. The third kappa shape index (κ3) is 4.78. The van der Waals surface area contributed by atoms with Crippen LogP contribution in [-0.2, 0) is 4.74 Å². The largest absolute Gasteiger partial charge is 0.490 e. The van der Waals surface area contributed by atoms with Crippen molar-refractivity contribution in [3.63, 3.8) is 0 Å². The molecule has 2 unspecified atom stereocenters. The lowest BCUT2D eigenvalue weighted by molar-refractivity contribution is 0.0184. The maximum Gasteiger partial charge on any atom is 0.319 e. The normalized spacial score (nSPS) is 25.5. The number of hydrogen-bond acceptors (Lipinski definition) is 10. The van der Waals surface area contributed by atoms with Gasteiger partial charge in [0, 0.05) is 36.0 Å². The minimum atomic E-state index is -0.928.